The lowest BCUT2D eigenvalue weighted by Crippen LogP contribution is -2.11. The first-order chi connectivity index (χ1) is 8.50. The van der Waals surface area contributed by atoms with E-state index in [1.54, 1.807) is 24.3 Å². The van der Waals surface area contributed by atoms with Crippen molar-refractivity contribution in [2.45, 2.75) is 26.2 Å². The molecular weight excluding hydrogens is 234 g/mol. The second kappa shape index (κ2) is 6.54. The minimum atomic E-state index is -0.919. The maximum Gasteiger partial charge on any atom is 0.303 e. The summed E-state index contributed by atoms with van der Waals surface area (Å²) in [6, 6.07) is 6.69. The van der Waals surface area contributed by atoms with Gasteiger partial charge in [-0.1, -0.05) is 12.1 Å². The van der Waals surface area contributed by atoms with Crippen molar-refractivity contribution in [3.63, 3.8) is 0 Å². The molecule has 1 amide bonds. The highest BCUT2D eigenvalue weighted by Crippen LogP contribution is 2.18. The molecule has 0 aromatic heterocycles. The number of carbonyl (C=O) groups is 3. The van der Waals surface area contributed by atoms with Crippen molar-refractivity contribution in [1.29, 1.82) is 0 Å². The van der Waals surface area contributed by atoms with Crippen molar-refractivity contribution >= 4 is 23.3 Å². The zero-order valence-corrected chi connectivity index (χ0v) is 10.1. The standard InChI is InChI=1S/C13H15NO4/c1-9(15)14-11-6-3-2-5-10(11)12(16)7-4-8-13(17)18/h2-3,5-6H,4,7-8H2,1H3,(H,14,15)(H,17,18). The lowest BCUT2D eigenvalue weighted by Gasteiger charge is -2.08. The number of hydrogen-bond donors (Lipinski definition) is 2. The van der Waals surface area contributed by atoms with E-state index >= 15 is 0 Å². The summed E-state index contributed by atoms with van der Waals surface area (Å²) < 4.78 is 0. The van der Waals surface area contributed by atoms with E-state index < -0.39 is 5.97 Å². The first-order valence-corrected chi connectivity index (χ1v) is 5.62. The van der Waals surface area contributed by atoms with Crippen LogP contribution in [0.3, 0.4) is 0 Å². The molecule has 5 heteroatoms. The third-order valence-corrected chi connectivity index (χ3v) is 2.33. The Morgan fingerprint density at radius 1 is 1.17 bits per heavy atom. The summed E-state index contributed by atoms with van der Waals surface area (Å²) in [6.07, 6.45) is 0.416. The Balaban J connectivity index is 2.72. The Hall–Kier alpha value is -2.17. The summed E-state index contributed by atoms with van der Waals surface area (Å²) in [5, 5.41) is 11.1. The average Bonchev–Trinajstić information content (AvgIpc) is 2.28. The lowest BCUT2D eigenvalue weighted by atomic mass is 10.0. The van der Waals surface area contributed by atoms with Crippen LogP contribution in [0.4, 0.5) is 5.69 Å². The molecule has 0 aliphatic rings. The van der Waals surface area contributed by atoms with Crippen molar-refractivity contribution in [2.24, 2.45) is 0 Å². The SMILES string of the molecule is CC(=O)Nc1ccccc1C(=O)CCCC(=O)O. The van der Waals surface area contributed by atoms with Gasteiger partial charge >= 0.3 is 5.97 Å². The van der Waals surface area contributed by atoms with Gasteiger partial charge in [-0.2, -0.15) is 0 Å². The fourth-order valence-corrected chi connectivity index (χ4v) is 1.56. The summed E-state index contributed by atoms with van der Waals surface area (Å²) in [7, 11) is 0. The van der Waals surface area contributed by atoms with Crippen LogP contribution in [0.2, 0.25) is 0 Å². The predicted octanol–water partition coefficient (Wildman–Crippen LogP) is 2.08. The van der Waals surface area contributed by atoms with Crippen molar-refractivity contribution in [2.75, 3.05) is 5.32 Å². The fourth-order valence-electron chi connectivity index (χ4n) is 1.56. The molecule has 0 saturated heterocycles. The lowest BCUT2D eigenvalue weighted by molar-refractivity contribution is -0.137. The van der Waals surface area contributed by atoms with Crippen molar-refractivity contribution in [3.05, 3.63) is 29.8 Å². The molecule has 0 atom stereocenters. The first-order valence-electron chi connectivity index (χ1n) is 5.62. The smallest absolute Gasteiger partial charge is 0.303 e. The van der Waals surface area contributed by atoms with E-state index in [1.807, 2.05) is 0 Å². The quantitative estimate of drug-likeness (QED) is 0.756. The van der Waals surface area contributed by atoms with Crippen molar-refractivity contribution in [1.82, 2.24) is 0 Å². The van der Waals surface area contributed by atoms with Crippen molar-refractivity contribution in [3.8, 4) is 0 Å². The fraction of sp³-hybridized carbons (Fsp3) is 0.308. The number of hydrogen-bond acceptors (Lipinski definition) is 3. The number of benzene rings is 1. The molecule has 0 aliphatic carbocycles. The first kappa shape index (κ1) is 13.9. The van der Waals surface area contributed by atoms with Gasteiger partial charge in [0.25, 0.3) is 0 Å². The molecule has 18 heavy (non-hydrogen) atoms. The van der Waals surface area contributed by atoms with Crippen LogP contribution in [-0.4, -0.2) is 22.8 Å². The average molecular weight is 249 g/mol. The number of aliphatic carboxylic acids is 1. The molecule has 0 saturated carbocycles. The summed E-state index contributed by atoms with van der Waals surface area (Å²) >= 11 is 0. The Morgan fingerprint density at radius 2 is 1.83 bits per heavy atom. The largest absolute Gasteiger partial charge is 0.481 e. The van der Waals surface area contributed by atoms with Gasteiger partial charge in [-0.25, -0.2) is 0 Å². The van der Waals surface area contributed by atoms with Gasteiger partial charge in [-0.3, -0.25) is 14.4 Å². The predicted molar refractivity (Wildman–Crippen MR) is 66.6 cm³/mol. The molecule has 0 radical (unpaired) electrons. The number of amides is 1. The van der Waals surface area contributed by atoms with E-state index in [4.69, 9.17) is 5.11 Å². The third-order valence-electron chi connectivity index (χ3n) is 2.33. The van der Waals surface area contributed by atoms with Crippen LogP contribution in [0.5, 0.6) is 0 Å². The van der Waals surface area contributed by atoms with E-state index in [9.17, 15) is 14.4 Å². The Labute approximate surface area is 105 Å². The number of Topliss-reactive ketones (excluding diaryl/α,β-unsaturated/α-hetero) is 1. The molecule has 0 fully saturated rings. The van der Waals surface area contributed by atoms with Gasteiger partial charge in [0.2, 0.25) is 5.91 Å². The molecule has 0 bridgehead atoms. The summed E-state index contributed by atoms with van der Waals surface area (Å²) in [4.78, 5) is 33.2. The molecule has 0 aliphatic heterocycles. The maximum absolute atomic E-state index is 11.9. The van der Waals surface area contributed by atoms with Crippen LogP contribution >= 0.6 is 0 Å². The van der Waals surface area contributed by atoms with Gasteiger partial charge in [0.1, 0.15) is 0 Å². The molecule has 1 aromatic carbocycles. The Bertz CT molecular complexity index is 468. The minimum Gasteiger partial charge on any atom is -0.481 e. The Kier molecular flexibility index (Phi) is 5.05. The van der Waals surface area contributed by atoms with Crippen LogP contribution < -0.4 is 5.32 Å². The molecular formula is C13H15NO4. The van der Waals surface area contributed by atoms with Gasteiger partial charge in [-0.05, 0) is 18.6 Å². The Morgan fingerprint density at radius 3 is 2.44 bits per heavy atom. The van der Waals surface area contributed by atoms with Crippen LogP contribution in [0, 0.1) is 0 Å². The number of ketones is 1. The summed E-state index contributed by atoms with van der Waals surface area (Å²) in [5.41, 5.74) is 0.878. The van der Waals surface area contributed by atoms with Gasteiger partial charge in [0, 0.05) is 25.3 Å². The highest BCUT2D eigenvalue weighted by atomic mass is 16.4. The number of anilines is 1. The molecule has 1 aromatic rings. The minimum absolute atomic E-state index is 0.0337. The second-order valence-corrected chi connectivity index (χ2v) is 3.90. The molecule has 96 valence electrons. The zero-order valence-electron chi connectivity index (χ0n) is 10.1. The maximum atomic E-state index is 11.9. The second-order valence-electron chi connectivity index (χ2n) is 3.90. The highest BCUT2D eigenvalue weighted by molar-refractivity contribution is 6.04. The normalized spacial score (nSPS) is 9.83. The van der Waals surface area contributed by atoms with Gasteiger partial charge in [0.15, 0.2) is 5.78 Å². The number of nitrogens with one attached hydrogen (secondary N) is 1. The molecule has 0 spiro atoms. The molecule has 0 unspecified atom stereocenters. The topological polar surface area (TPSA) is 83.5 Å². The number of rotatable bonds is 6. The number of carboxylic acids is 1. The number of para-hydroxylation sites is 1. The van der Waals surface area contributed by atoms with Crippen LogP contribution in [0.25, 0.3) is 0 Å². The van der Waals surface area contributed by atoms with Crippen LogP contribution in [-0.2, 0) is 9.59 Å². The van der Waals surface area contributed by atoms with E-state index in [2.05, 4.69) is 5.32 Å². The summed E-state index contributed by atoms with van der Waals surface area (Å²) in [6.45, 7) is 1.37. The van der Waals surface area contributed by atoms with Gasteiger partial charge in [0.05, 0.1) is 5.69 Å². The van der Waals surface area contributed by atoms with Crippen LogP contribution in [0.1, 0.15) is 36.5 Å². The molecule has 2 N–H and O–H groups in total. The van der Waals surface area contributed by atoms with Crippen LogP contribution in [0.15, 0.2) is 24.3 Å². The van der Waals surface area contributed by atoms with E-state index in [-0.39, 0.29) is 24.5 Å². The van der Waals surface area contributed by atoms with Gasteiger partial charge < -0.3 is 10.4 Å². The zero-order chi connectivity index (χ0) is 13.5. The van der Waals surface area contributed by atoms with E-state index in [0.29, 0.717) is 17.7 Å². The monoisotopic (exact) mass is 249 g/mol. The molecule has 0 heterocycles. The summed E-state index contributed by atoms with van der Waals surface area (Å²) in [5.74, 6) is -1.33. The molecule has 1 rings (SSSR count). The van der Waals surface area contributed by atoms with Gasteiger partial charge in [-0.15, -0.1) is 0 Å². The number of carbonyl (C=O) groups excluding carboxylic acids is 2. The third kappa shape index (κ3) is 4.37. The van der Waals surface area contributed by atoms with E-state index in [0.717, 1.165) is 0 Å². The van der Waals surface area contributed by atoms with E-state index in [1.165, 1.54) is 6.92 Å². The highest BCUT2D eigenvalue weighted by Gasteiger charge is 2.12. The molecule has 5 nitrogen and oxygen atoms in total. The van der Waals surface area contributed by atoms with Crippen molar-refractivity contribution < 1.29 is 19.5 Å². The number of carboxylic acid groups (broad SMARTS) is 1.